The van der Waals surface area contributed by atoms with E-state index in [1.165, 1.54) is 19.1 Å². The molecule has 138 valence electrons. The molecule has 0 unspecified atom stereocenters. The van der Waals surface area contributed by atoms with Gasteiger partial charge in [0.1, 0.15) is 4.90 Å². The predicted octanol–water partition coefficient (Wildman–Crippen LogP) is -0.335. The maximum absolute atomic E-state index is 13.1. The van der Waals surface area contributed by atoms with Gasteiger partial charge in [0.25, 0.3) is 5.91 Å². The Kier molecular flexibility index (Phi) is 4.52. The fourth-order valence-corrected chi connectivity index (χ4v) is 4.57. The average Bonchev–Trinajstić information content (AvgIpc) is 3.05. The second kappa shape index (κ2) is 6.36. The van der Waals surface area contributed by atoms with E-state index >= 15 is 0 Å². The van der Waals surface area contributed by atoms with Crippen LogP contribution in [-0.2, 0) is 16.4 Å². The molecule has 2 heterocycles. The minimum Gasteiger partial charge on any atom is -0.492 e. The highest BCUT2D eigenvalue weighted by Gasteiger charge is 2.41. The van der Waals surface area contributed by atoms with E-state index in [1.54, 1.807) is 7.05 Å². The van der Waals surface area contributed by atoms with Crippen LogP contribution in [-0.4, -0.2) is 76.3 Å². The average molecular weight is 372 g/mol. The Morgan fingerprint density at radius 3 is 2.64 bits per heavy atom. The molecule has 10 heteroatoms. The van der Waals surface area contributed by atoms with Crippen molar-refractivity contribution in [1.82, 2.24) is 9.21 Å². The van der Waals surface area contributed by atoms with Gasteiger partial charge in [-0.05, 0) is 12.0 Å². The molecule has 0 saturated carbocycles. The van der Waals surface area contributed by atoms with Crippen LogP contribution >= 0.6 is 0 Å². The molecule has 1 aromatic carbocycles. The number of benzene rings is 1. The summed E-state index contributed by atoms with van der Waals surface area (Å²) >= 11 is 0. The fraction of sp³-hybridized carbons (Fsp3) is 0.533. The number of likely N-dealkylation sites (N-methyl/N-ethyl adjacent to an activating group) is 2. The lowest BCUT2D eigenvalue weighted by Crippen LogP contribution is -2.37. The van der Waals surface area contributed by atoms with Gasteiger partial charge in [-0.2, -0.15) is 4.31 Å². The van der Waals surface area contributed by atoms with Crippen LogP contribution in [0.1, 0.15) is 15.9 Å². The minimum absolute atomic E-state index is 0.0535. The Morgan fingerprint density at radius 2 is 2.00 bits per heavy atom. The molecule has 0 radical (unpaired) electrons. The third-order valence-corrected chi connectivity index (χ3v) is 6.32. The SMILES string of the molecule is COc1c2c(c(S(=O)(=O)N(C)CCO)c3c1C(=O)N(C)CC3)OCO2. The third-order valence-electron chi connectivity index (χ3n) is 4.37. The molecule has 3 rings (SSSR count). The summed E-state index contributed by atoms with van der Waals surface area (Å²) in [6.07, 6.45) is 0.339. The largest absolute Gasteiger partial charge is 0.492 e. The van der Waals surface area contributed by atoms with Crippen LogP contribution in [0.2, 0.25) is 0 Å². The smallest absolute Gasteiger partial charge is 0.257 e. The van der Waals surface area contributed by atoms with Gasteiger partial charge in [0, 0.05) is 27.2 Å². The zero-order valence-electron chi connectivity index (χ0n) is 14.2. The van der Waals surface area contributed by atoms with Crippen molar-refractivity contribution in [2.24, 2.45) is 0 Å². The second-order valence-electron chi connectivity index (χ2n) is 5.81. The molecular formula is C15H20N2O7S. The van der Waals surface area contributed by atoms with Crippen LogP contribution in [0, 0.1) is 0 Å². The lowest BCUT2D eigenvalue weighted by molar-refractivity contribution is 0.0775. The van der Waals surface area contributed by atoms with E-state index in [1.807, 2.05) is 0 Å². The molecular weight excluding hydrogens is 352 g/mol. The highest BCUT2D eigenvalue weighted by molar-refractivity contribution is 7.89. The van der Waals surface area contributed by atoms with E-state index in [4.69, 9.17) is 19.3 Å². The maximum Gasteiger partial charge on any atom is 0.257 e. The lowest BCUT2D eigenvalue weighted by Gasteiger charge is -2.29. The Hall–Kier alpha value is -2.04. The standard InChI is InChI=1S/C15H20N2O7S/c1-16-5-4-9-10(15(16)19)11(22-3)12-13(24-8-23-12)14(9)25(20,21)17(2)6-7-18/h18H,4-8H2,1-3H3. The molecule has 0 atom stereocenters. The number of rotatable bonds is 5. The maximum atomic E-state index is 13.1. The number of carbonyl (C=O) groups excluding carboxylic acids is 1. The normalized spacial score (nSPS) is 16.4. The predicted molar refractivity (Wildman–Crippen MR) is 86.7 cm³/mol. The summed E-state index contributed by atoms with van der Waals surface area (Å²) in [6, 6.07) is 0. The first-order valence-corrected chi connectivity index (χ1v) is 9.13. The van der Waals surface area contributed by atoms with E-state index in [9.17, 15) is 13.2 Å². The van der Waals surface area contributed by atoms with Crippen molar-refractivity contribution >= 4 is 15.9 Å². The van der Waals surface area contributed by atoms with Crippen LogP contribution in [0.3, 0.4) is 0 Å². The summed E-state index contributed by atoms with van der Waals surface area (Å²) < 4.78 is 43.3. The van der Waals surface area contributed by atoms with Gasteiger partial charge in [-0.15, -0.1) is 0 Å². The molecule has 0 saturated heterocycles. The molecule has 0 aliphatic carbocycles. The number of sulfonamides is 1. The van der Waals surface area contributed by atoms with Crippen molar-refractivity contribution in [3.63, 3.8) is 0 Å². The van der Waals surface area contributed by atoms with E-state index in [-0.39, 0.29) is 53.6 Å². The number of nitrogens with zero attached hydrogens (tertiary/aromatic N) is 2. The Bertz CT molecular complexity index is 822. The van der Waals surface area contributed by atoms with Crippen molar-refractivity contribution in [3.8, 4) is 17.2 Å². The molecule has 9 nitrogen and oxygen atoms in total. The summed E-state index contributed by atoms with van der Waals surface area (Å²) in [5.74, 6) is 0.0130. The molecule has 0 aromatic heterocycles. The van der Waals surface area contributed by atoms with E-state index in [0.717, 1.165) is 4.31 Å². The molecule has 1 N–H and O–H groups in total. The van der Waals surface area contributed by atoms with Crippen molar-refractivity contribution in [2.75, 3.05) is 47.7 Å². The van der Waals surface area contributed by atoms with Gasteiger partial charge in [0.2, 0.25) is 22.6 Å². The van der Waals surface area contributed by atoms with Crippen LogP contribution in [0.15, 0.2) is 4.90 Å². The number of ether oxygens (including phenoxy) is 3. The van der Waals surface area contributed by atoms with Crippen LogP contribution < -0.4 is 14.2 Å². The fourth-order valence-electron chi connectivity index (χ4n) is 3.04. The topological polar surface area (TPSA) is 106 Å². The third kappa shape index (κ3) is 2.60. The highest BCUT2D eigenvalue weighted by atomic mass is 32.2. The van der Waals surface area contributed by atoms with Gasteiger partial charge in [-0.25, -0.2) is 8.42 Å². The van der Waals surface area contributed by atoms with Crippen LogP contribution in [0.4, 0.5) is 0 Å². The first-order valence-electron chi connectivity index (χ1n) is 7.69. The molecule has 2 aliphatic rings. The number of fused-ring (bicyclic) bond motifs is 2. The molecule has 25 heavy (non-hydrogen) atoms. The zero-order valence-corrected chi connectivity index (χ0v) is 15.1. The first-order chi connectivity index (χ1) is 11.8. The Morgan fingerprint density at radius 1 is 1.32 bits per heavy atom. The van der Waals surface area contributed by atoms with Gasteiger partial charge < -0.3 is 24.2 Å². The molecule has 1 aromatic rings. The van der Waals surface area contributed by atoms with Gasteiger partial charge >= 0.3 is 0 Å². The highest BCUT2D eigenvalue weighted by Crippen LogP contribution is 2.51. The van der Waals surface area contributed by atoms with E-state index in [2.05, 4.69) is 0 Å². The summed E-state index contributed by atoms with van der Waals surface area (Å²) in [5, 5.41) is 9.09. The quantitative estimate of drug-likeness (QED) is 0.754. The molecule has 0 fully saturated rings. The second-order valence-corrected chi connectivity index (χ2v) is 7.79. The number of aliphatic hydroxyl groups is 1. The molecule has 0 bridgehead atoms. The van der Waals surface area contributed by atoms with Gasteiger partial charge in [-0.3, -0.25) is 4.79 Å². The molecule has 2 aliphatic heterocycles. The summed E-state index contributed by atoms with van der Waals surface area (Å²) in [5.41, 5.74) is 0.533. The number of hydrogen-bond donors (Lipinski definition) is 1. The number of amides is 1. The Balaban J connectivity index is 2.34. The summed E-state index contributed by atoms with van der Waals surface area (Å²) in [4.78, 5) is 14.1. The minimum atomic E-state index is -3.99. The molecule has 1 amide bonds. The number of methoxy groups -OCH3 is 1. The Labute approximate surface area is 145 Å². The van der Waals surface area contributed by atoms with Crippen molar-refractivity contribution in [1.29, 1.82) is 0 Å². The van der Waals surface area contributed by atoms with Crippen LogP contribution in [0.25, 0.3) is 0 Å². The first kappa shape index (κ1) is 17.8. The van der Waals surface area contributed by atoms with Gasteiger partial charge in [0.05, 0.1) is 19.3 Å². The van der Waals surface area contributed by atoms with Gasteiger partial charge in [-0.1, -0.05) is 0 Å². The summed E-state index contributed by atoms with van der Waals surface area (Å²) in [7, 11) is 0.405. The number of hydrogen-bond acceptors (Lipinski definition) is 7. The number of carbonyl (C=O) groups is 1. The van der Waals surface area contributed by atoms with Crippen molar-refractivity contribution < 1.29 is 32.5 Å². The van der Waals surface area contributed by atoms with E-state index in [0.29, 0.717) is 18.5 Å². The molecule has 0 spiro atoms. The summed E-state index contributed by atoms with van der Waals surface area (Å²) in [6.45, 7) is -0.187. The van der Waals surface area contributed by atoms with Crippen LogP contribution in [0.5, 0.6) is 17.2 Å². The zero-order chi connectivity index (χ0) is 18.4. The van der Waals surface area contributed by atoms with Crippen molar-refractivity contribution in [3.05, 3.63) is 11.1 Å². The van der Waals surface area contributed by atoms with Gasteiger partial charge in [0.15, 0.2) is 11.5 Å². The van der Waals surface area contributed by atoms with E-state index < -0.39 is 10.0 Å². The lowest BCUT2D eigenvalue weighted by atomic mass is 9.97. The van der Waals surface area contributed by atoms with Crippen molar-refractivity contribution in [2.45, 2.75) is 11.3 Å². The monoisotopic (exact) mass is 372 g/mol. The number of aliphatic hydroxyl groups excluding tert-OH is 1.